The number of anilines is 1. The molecule has 0 radical (unpaired) electrons. The molecule has 0 aliphatic carbocycles. The van der Waals surface area contributed by atoms with E-state index in [4.69, 9.17) is 4.42 Å². The van der Waals surface area contributed by atoms with Crippen LogP contribution in [0.5, 0.6) is 0 Å². The summed E-state index contributed by atoms with van der Waals surface area (Å²) in [7, 11) is 0. The van der Waals surface area contributed by atoms with E-state index in [-0.39, 0.29) is 5.91 Å². The van der Waals surface area contributed by atoms with Crippen LogP contribution in [0.2, 0.25) is 0 Å². The molecule has 1 aromatic heterocycles. The van der Waals surface area contributed by atoms with Crippen LogP contribution in [0.15, 0.2) is 101 Å². The second kappa shape index (κ2) is 8.75. The van der Waals surface area contributed by atoms with Crippen LogP contribution in [-0.2, 0) is 4.79 Å². The Morgan fingerprint density at radius 2 is 1.48 bits per heavy atom. The molecule has 5 rings (SSSR count). The highest BCUT2D eigenvalue weighted by Crippen LogP contribution is 2.30. The van der Waals surface area contributed by atoms with Gasteiger partial charge in [0.15, 0.2) is 5.58 Å². The number of carbonyl (C=O) groups excluding carboxylic acids is 1. The number of carbonyl (C=O) groups is 1. The molecule has 0 aliphatic heterocycles. The molecule has 33 heavy (non-hydrogen) atoms. The highest BCUT2D eigenvalue weighted by molar-refractivity contribution is 5.99. The molecule has 1 N–H and O–H groups in total. The molecule has 0 atom stereocenters. The highest BCUT2D eigenvalue weighted by Gasteiger charge is 2.23. The molecule has 0 spiro atoms. The van der Waals surface area contributed by atoms with Gasteiger partial charge in [0.05, 0.1) is 5.92 Å². The molecule has 0 fully saturated rings. The number of rotatable bonds is 5. The molecule has 0 bridgehead atoms. The zero-order valence-electron chi connectivity index (χ0n) is 18.6. The van der Waals surface area contributed by atoms with Gasteiger partial charge in [0.25, 0.3) is 0 Å². The molecule has 5 aromatic rings. The normalized spacial score (nSPS) is 11.1. The van der Waals surface area contributed by atoms with E-state index in [0.717, 1.165) is 22.3 Å². The molecule has 0 unspecified atom stereocenters. The number of hydrogen-bond donors (Lipinski definition) is 1. The minimum atomic E-state index is -0.411. The minimum absolute atomic E-state index is 0.0927. The van der Waals surface area contributed by atoms with Crippen LogP contribution in [-0.4, -0.2) is 10.9 Å². The summed E-state index contributed by atoms with van der Waals surface area (Å²) in [6.07, 6.45) is 0. The Morgan fingerprint density at radius 3 is 2.12 bits per heavy atom. The van der Waals surface area contributed by atoms with Gasteiger partial charge in [0.1, 0.15) is 5.52 Å². The third-order valence-corrected chi connectivity index (χ3v) is 5.80. The quantitative estimate of drug-likeness (QED) is 0.329. The molecule has 4 nitrogen and oxygen atoms in total. The molecule has 0 aliphatic rings. The van der Waals surface area contributed by atoms with Crippen LogP contribution in [0, 0.1) is 13.8 Å². The maximum atomic E-state index is 13.4. The van der Waals surface area contributed by atoms with Crippen molar-refractivity contribution in [3.63, 3.8) is 0 Å². The van der Waals surface area contributed by atoms with Gasteiger partial charge >= 0.3 is 0 Å². The zero-order chi connectivity index (χ0) is 22.8. The van der Waals surface area contributed by atoms with Gasteiger partial charge in [-0.2, -0.15) is 0 Å². The van der Waals surface area contributed by atoms with Crippen molar-refractivity contribution in [1.29, 1.82) is 0 Å². The van der Waals surface area contributed by atoms with Gasteiger partial charge in [-0.1, -0.05) is 78.4 Å². The van der Waals surface area contributed by atoms with E-state index in [2.05, 4.69) is 36.3 Å². The number of nitrogens with one attached hydrogen (secondary N) is 1. The summed E-state index contributed by atoms with van der Waals surface area (Å²) in [5.41, 5.74) is 7.25. The molecule has 0 saturated carbocycles. The molecule has 1 amide bonds. The molecular weight excluding hydrogens is 408 g/mol. The lowest BCUT2D eigenvalue weighted by molar-refractivity contribution is -0.116. The van der Waals surface area contributed by atoms with Gasteiger partial charge in [-0.3, -0.25) is 4.79 Å². The van der Waals surface area contributed by atoms with Gasteiger partial charge in [0.2, 0.25) is 11.8 Å². The average molecular weight is 433 g/mol. The molecule has 4 aromatic carbocycles. The number of aryl methyl sites for hydroxylation is 2. The van der Waals surface area contributed by atoms with Crippen molar-refractivity contribution >= 4 is 22.7 Å². The van der Waals surface area contributed by atoms with E-state index < -0.39 is 5.92 Å². The summed E-state index contributed by atoms with van der Waals surface area (Å²) in [4.78, 5) is 18.1. The summed E-state index contributed by atoms with van der Waals surface area (Å²) in [6.45, 7) is 4.12. The lowest BCUT2D eigenvalue weighted by Crippen LogP contribution is -2.22. The van der Waals surface area contributed by atoms with Crippen molar-refractivity contribution in [2.45, 2.75) is 19.8 Å². The predicted octanol–water partition coefficient (Wildman–Crippen LogP) is 6.88. The number of amides is 1. The van der Waals surface area contributed by atoms with Gasteiger partial charge in [-0.25, -0.2) is 4.98 Å². The molecule has 4 heteroatoms. The van der Waals surface area contributed by atoms with E-state index in [1.165, 1.54) is 5.56 Å². The Morgan fingerprint density at radius 1 is 0.818 bits per heavy atom. The van der Waals surface area contributed by atoms with Gasteiger partial charge < -0.3 is 9.73 Å². The number of aromatic nitrogens is 1. The first kappa shape index (κ1) is 20.7. The molecule has 1 heterocycles. The standard InChI is InChI=1S/C29H24N2O2/c1-19-13-15-24(20(2)17-19)29-31-25-18-23(14-16-26(25)33-29)30-28(32)27(21-9-5-3-6-10-21)22-11-7-4-8-12-22/h3-18,27H,1-2H3,(H,30,32). The maximum Gasteiger partial charge on any atom is 0.236 e. The molecule has 0 saturated heterocycles. The summed E-state index contributed by atoms with van der Waals surface area (Å²) in [5.74, 6) is 0.0773. The fourth-order valence-corrected chi connectivity index (χ4v) is 4.17. The van der Waals surface area contributed by atoms with Crippen LogP contribution >= 0.6 is 0 Å². The first-order valence-corrected chi connectivity index (χ1v) is 11.0. The van der Waals surface area contributed by atoms with Crippen LogP contribution in [0.1, 0.15) is 28.2 Å². The van der Waals surface area contributed by atoms with E-state index in [0.29, 0.717) is 22.7 Å². The number of nitrogens with zero attached hydrogens (tertiary/aromatic N) is 1. The SMILES string of the molecule is Cc1ccc(-c2nc3cc(NC(=O)C(c4ccccc4)c4ccccc4)ccc3o2)c(C)c1. The predicted molar refractivity (Wildman–Crippen MR) is 132 cm³/mol. The Kier molecular flexibility index (Phi) is 5.49. The highest BCUT2D eigenvalue weighted by atomic mass is 16.3. The van der Waals surface area contributed by atoms with E-state index in [9.17, 15) is 4.79 Å². The summed E-state index contributed by atoms with van der Waals surface area (Å²) in [6, 6.07) is 31.4. The Hall–Kier alpha value is -4.18. The van der Waals surface area contributed by atoms with Crippen molar-refractivity contribution in [3.8, 4) is 11.5 Å². The van der Waals surface area contributed by atoms with Gasteiger partial charge in [-0.15, -0.1) is 0 Å². The minimum Gasteiger partial charge on any atom is -0.436 e. The molecule has 162 valence electrons. The zero-order valence-corrected chi connectivity index (χ0v) is 18.6. The van der Waals surface area contributed by atoms with E-state index >= 15 is 0 Å². The first-order valence-electron chi connectivity index (χ1n) is 11.0. The summed E-state index contributed by atoms with van der Waals surface area (Å²) >= 11 is 0. The van der Waals surface area contributed by atoms with Crippen molar-refractivity contribution in [2.75, 3.05) is 5.32 Å². The van der Waals surface area contributed by atoms with E-state index in [1.807, 2.05) is 84.9 Å². The second-order valence-corrected chi connectivity index (χ2v) is 8.26. The Labute approximate surface area is 192 Å². The number of benzene rings is 4. The van der Waals surface area contributed by atoms with Gasteiger partial charge in [0, 0.05) is 11.3 Å². The van der Waals surface area contributed by atoms with Crippen molar-refractivity contribution < 1.29 is 9.21 Å². The third kappa shape index (κ3) is 4.28. The summed E-state index contributed by atoms with van der Waals surface area (Å²) in [5, 5.41) is 3.08. The van der Waals surface area contributed by atoms with Crippen LogP contribution in [0.25, 0.3) is 22.6 Å². The fourth-order valence-electron chi connectivity index (χ4n) is 4.17. The topological polar surface area (TPSA) is 55.1 Å². The largest absolute Gasteiger partial charge is 0.436 e. The van der Waals surface area contributed by atoms with Crippen LogP contribution in [0.3, 0.4) is 0 Å². The lowest BCUT2D eigenvalue weighted by Gasteiger charge is -2.18. The van der Waals surface area contributed by atoms with Crippen molar-refractivity contribution in [3.05, 3.63) is 119 Å². The van der Waals surface area contributed by atoms with Gasteiger partial charge in [-0.05, 0) is 54.8 Å². The molecular formula is C29H24N2O2. The maximum absolute atomic E-state index is 13.4. The Balaban J connectivity index is 1.46. The van der Waals surface area contributed by atoms with E-state index in [1.54, 1.807) is 0 Å². The average Bonchev–Trinajstić information content (AvgIpc) is 3.23. The fraction of sp³-hybridized carbons (Fsp3) is 0.103. The monoisotopic (exact) mass is 432 g/mol. The van der Waals surface area contributed by atoms with Crippen molar-refractivity contribution in [2.24, 2.45) is 0 Å². The number of hydrogen-bond acceptors (Lipinski definition) is 3. The smallest absolute Gasteiger partial charge is 0.236 e. The Bertz CT molecular complexity index is 1380. The lowest BCUT2D eigenvalue weighted by atomic mass is 9.90. The second-order valence-electron chi connectivity index (χ2n) is 8.26. The number of fused-ring (bicyclic) bond motifs is 1. The first-order chi connectivity index (χ1) is 16.1. The van der Waals surface area contributed by atoms with Crippen LogP contribution in [0.4, 0.5) is 5.69 Å². The van der Waals surface area contributed by atoms with Crippen LogP contribution < -0.4 is 5.32 Å². The third-order valence-electron chi connectivity index (χ3n) is 5.80. The van der Waals surface area contributed by atoms with Crippen molar-refractivity contribution in [1.82, 2.24) is 4.98 Å². The summed E-state index contributed by atoms with van der Waals surface area (Å²) < 4.78 is 6.00. The number of oxazole rings is 1.